The molecule has 0 amide bonds. The van der Waals surface area contributed by atoms with E-state index < -0.39 is 10.0 Å². The van der Waals surface area contributed by atoms with E-state index in [4.69, 9.17) is 5.14 Å². The predicted octanol–water partition coefficient (Wildman–Crippen LogP) is 3.02. The van der Waals surface area contributed by atoms with Crippen LogP contribution in [-0.2, 0) is 10.0 Å². The first kappa shape index (κ1) is 16.3. The van der Waals surface area contributed by atoms with Gasteiger partial charge < -0.3 is 5.11 Å². The first-order valence-corrected chi connectivity index (χ1v) is 9.38. The predicted molar refractivity (Wildman–Crippen MR) is 99.1 cm³/mol. The maximum Gasteiger partial charge on any atom is 0.238 e. The van der Waals surface area contributed by atoms with E-state index in [0.29, 0.717) is 5.69 Å². The van der Waals surface area contributed by atoms with Gasteiger partial charge in [-0.1, -0.05) is 30.3 Å². The molecule has 26 heavy (non-hydrogen) atoms. The Balaban J connectivity index is 1.95. The third kappa shape index (κ3) is 2.83. The molecule has 4 aromatic rings. The Morgan fingerprint density at radius 1 is 0.885 bits per heavy atom. The van der Waals surface area contributed by atoms with E-state index in [0.717, 1.165) is 22.2 Å². The number of primary sulfonamides is 1. The van der Waals surface area contributed by atoms with Crippen LogP contribution in [0, 0.1) is 0 Å². The van der Waals surface area contributed by atoms with Crippen molar-refractivity contribution >= 4 is 15.5 Å². The van der Waals surface area contributed by atoms with Crippen LogP contribution >= 0.6 is 0 Å². The third-order valence-corrected chi connectivity index (χ3v) is 5.08. The van der Waals surface area contributed by atoms with E-state index in [2.05, 4.69) is 5.10 Å². The zero-order valence-corrected chi connectivity index (χ0v) is 14.4. The van der Waals surface area contributed by atoms with Gasteiger partial charge >= 0.3 is 0 Å². The number of benzene rings is 2. The van der Waals surface area contributed by atoms with Crippen LogP contribution in [0.4, 0.5) is 0 Å². The molecule has 0 bridgehead atoms. The summed E-state index contributed by atoms with van der Waals surface area (Å²) in [5, 5.41) is 19.4. The van der Waals surface area contributed by atoms with E-state index in [-0.39, 0.29) is 10.6 Å². The van der Waals surface area contributed by atoms with Crippen LogP contribution in [0.3, 0.4) is 0 Å². The van der Waals surface area contributed by atoms with Crippen LogP contribution in [0.25, 0.3) is 27.9 Å². The monoisotopic (exact) mass is 365 g/mol. The molecule has 6 nitrogen and oxygen atoms in total. The summed E-state index contributed by atoms with van der Waals surface area (Å²) < 4.78 is 24.7. The number of nitrogens with zero attached hydrogens (tertiary/aromatic N) is 2. The molecule has 0 saturated carbocycles. The molecule has 0 aliphatic heterocycles. The molecule has 0 aliphatic carbocycles. The van der Waals surface area contributed by atoms with Crippen molar-refractivity contribution in [3.8, 4) is 28.1 Å². The highest BCUT2D eigenvalue weighted by molar-refractivity contribution is 7.89. The van der Waals surface area contributed by atoms with E-state index >= 15 is 0 Å². The summed E-state index contributed by atoms with van der Waals surface area (Å²) in [4.78, 5) is 0.0520. The van der Waals surface area contributed by atoms with Crippen LogP contribution in [0.2, 0.25) is 0 Å². The van der Waals surface area contributed by atoms with Crippen molar-refractivity contribution in [1.82, 2.24) is 9.61 Å². The lowest BCUT2D eigenvalue weighted by Crippen LogP contribution is -2.11. The molecule has 2 aromatic heterocycles. The molecule has 0 radical (unpaired) electrons. The van der Waals surface area contributed by atoms with E-state index in [1.54, 1.807) is 28.8 Å². The second-order valence-corrected chi connectivity index (χ2v) is 7.43. The summed E-state index contributed by atoms with van der Waals surface area (Å²) in [7, 11) is -3.75. The number of hydrogen-bond donors (Lipinski definition) is 2. The van der Waals surface area contributed by atoms with Crippen molar-refractivity contribution in [2.24, 2.45) is 5.14 Å². The van der Waals surface area contributed by atoms with Crippen LogP contribution in [0.1, 0.15) is 0 Å². The number of aromatic nitrogens is 2. The number of sulfonamides is 1. The van der Waals surface area contributed by atoms with Gasteiger partial charge in [0.1, 0.15) is 11.4 Å². The van der Waals surface area contributed by atoms with Gasteiger partial charge in [0.25, 0.3) is 0 Å². The van der Waals surface area contributed by atoms with E-state index in [1.807, 2.05) is 36.5 Å². The minimum atomic E-state index is -3.75. The lowest BCUT2D eigenvalue weighted by molar-refractivity contribution is 0.475. The number of hydrogen-bond acceptors (Lipinski definition) is 4. The molecule has 130 valence electrons. The van der Waals surface area contributed by atoms with Gasteiger partial charge in [0.2, 0.25) is 10.0 Å². The summed E-state index contributed by atoms with van der Waals surface area (Å²) >= 11 is 0. The largest absolute Gasteiger partial charge is 0.508 e. The fraction of sp³-hybridized carbons (Fsp3) is 0. The lowest BCUT2D eigenvalue weighted by Gasteiger charge is -2.05. The van der Waals surface area contributed by atoms with E-state index in [1.165, 1.54) is 12.1 Å². The van der Waals surface area contributed by atoms with Gasteiger partial charge in [-0.25, -0.2) is 18.1 Å². The lowest BCUT2D eigenvalue weighted by atomic mass is 10.00. The van der Waals surface area contributed by atoms with Crippen molar-refractivity contribution in [1.29, 1.82) is 0 Å². The fourth-order valence-corrected chi connectivity index (χ4v) is 3.43. The van der Waals surface area contributed by atoms with Crippen molar-refractivity contribution in [2.45, 2.75) is 4.90 Å². The van der Waals surface area contributed by atoms with Gasteiger partial charge in [0, 0.05) is 17.3 Å². The zero-order chi connectivity index (χ0) is 18.3. The van der Waals surface area contributed by atoms with E-state index in [9.17, 15) is 13.5 Å². The molecular weight excluding hydrogens is 350 g/mol. The van der Waals surface area contributed by atoms with Crippen LogP contribution in [0.15, 0.2) is 77.8 Å². The van der Waals surface area contributed by atoms with Crippen LogP contribution < -0.4 is 5.14 Å². The first-order chi connectivity index (χ1) is 12.4. The van der Waals surface area contributed by atoms with Crippen LogP contribution in [0.5, 0.6) is 5.75 Å². The quantitative estimate of drug-likeness (QED) is 0.583. The van der Waals surface area contributed by atoms with Crippen molar-refractivity contribution < 1.29 is 13.5 Å². The first-order valence-electron chi connectivity index (χ1n) is 7.83. The normalized spacial score (nSPS) is 11.7. The number of aromatic hydroxyl groups is 1. The highest BCUT2D eigenvalue weighted by atomic mass is 32.2. The second kappa shape index (κ2) is 5.98. The number of phenols is 1. The molecule has 0 unspecified atom stereocenters. The molecule has 0 saturated heterocycles. The Morgan fingerprint density at radius 3 is 2.19 bits per heavy atom. The summed E-state index contributed by atoms with van der Waals surface area (Å²) in [6.45, 7) is 0. The van der Waals surface area contributed by atoms with Gasteiger partial charge in [-0.3, -0.25) is 0 Å². The number of pyridine rings is 1. The number of rotatable bonds is 3. The van der Waals surface area contributed by atoms with Crippen molar-refractivity contribution in [3.63, 3.8) is 0 Å². The summed E-state index contributed by atoms with van der Waals surface area (Å²) in [6.07, 6.45) is 1.85. The molecule has 0 atom stereocenters. The Kier molecular flexibility index (Phi) is 3.75. The number of phenolic OH excluding ortho intramolecular Hbond substituents is 1. The Labute approximate surface area is 150 Å². The fourth-order valence-electron chi connectivity index (χ4n) is 2.92. The molecule has 4 rings (SSSR count). The topological polar surface area (TPSA) is 97.7 Å². The molecular formula is C19H15N3O3S. The Bertz CT molecular complexity index is 1200. The average Bonchev–Trinajstić information content (AvgIpc) is 3.01. The summed E-state index contributed by atoms with van der Waals surface area (Å²) in [5.41, 5.74) is 4.18. The molecule has 0 fully saturated rings. The highest BCUT2D eigenvalue weighted by Gasteiger charge is 2.17. The van der Waals surface area contributed by atoms with Gasteiger partial charge in [-0.05, 0) is 42.0 Å². The maximum atomic E-state index is 11.5. The summed E-state index contributed by atoms with van der Waals surface area (Å²) in [6, 6.07) is 19.0. The minimum absolute atomic E-state index is 0.0520. The molecule has 2 aromatic carbocycles. The highest BCUT2D eigenvalue weighted by Crippen LogP contribution is 2.35. The molecule has 0 spiro atoms. The Hall–Kier alpha value is -3.16. The Morgan fingerprint density at radius 2 is 1.54 bits per heavy atom. The van der Waals surface area contributed by atoms with Gasteiger partial charge in [0.05, 0.1) is 10.4 Å². The average molecular weight is 365 g/mol. The molecule has 2 heterocycles. The van der Waals surface area contributed by atoms with Gasteiger partial charge in [-0.15, -0.1) is 0 Å². The SMILES string of the molecule is NS(=O)(=O)c1ccc(-c2nn3ccccc3c2-c2ccc(O)cc2)cc1. The zero-order valence-electron chi connectivity index (χ0n) is 13.6. The van der Waals surface area contributed by atoms with Crippen LogP contribution in [-0.4, -0.2) is 23.1 Å². The summed E-state index contributed by atoms with van der Waals surface area (Å²) in [5.74, 6) is 0.185. The number of fused-ring (bicyclic) bond motifs is 1. The third-order valence-electron chi connectivity index (χ3n) is 4.15. The second-order valence-electron chi connectivity index (χ2n) is 5.87. The molecule has 3 N–H and O–H groups in total. The molecule has 7 heteroatoms. The van der Waals surface area contributed by atoms with Gasteiger partial charge in [0.15, 0.2) is 0 Å². The van der Waals surface area contributed by atoms with Crippen molar-refractivity contribution in [3.05, 3.63) is 72.9 Å². The molecule has 0 aliphatic rings. The van der Waals surface area contributed by atoms with Gasteiger partial charge in [-0.2, -0.15) is 5.10 Å². The maximum absolute atomic E-state index is 11.5. The smallest absolute Gasteiger partial charge is 0.238 e. The minimum Gasteiger partial charge on any atom is -0.508 e. The number of nitrogens with two attached hydrogens (primary N) is 1. The van der Waals surface area contributed by atoms with Crippen molar-refractivity contribution in [2.75, 3.05) is 0 Å². The standard InChI is InChI=1S/C19H15N3O3S/c20-26(24,25)16-10-6-14(7-11-16)19-18(13-4-8-15(23)9-5-13)17-3-1-2-12-22(17)21-19/h1-12,23H,(H2,20,24,25).